The van der Waals surface area contributed by atoms with Crippen LogP contribution in [0.15, 0.2) is 18.3 Å². The van der Waals surface area contributed by atoms with Gasteiger partial charge in [0.05, 0.1) is 18.4 Å². The van der Waals surface area contributed by atoms with E-state index in [1.807, 2.05) is 12.1 Å². The van der Waals surface area contributed by atoms with Crippen LogP contribution in [0.2, 0.25) is 0 Å². The number of amides is 3. The average molecular weight is 444 g/mol. The number of carbonyl (C=O) groups is 4. The first-order chi connectivity index (χ1) is 15.4. The van der Waals surface area contributed by atoms with Gasteiger partial charge in [0.25, 0.3) is 0 Å². The van der Waals surface area contributed by atoms with Crippen LogP contribution in [0, 0.1) is 5.92 Å². The molecule has 1 aromatic heterocycles. The first-order valence-electron chi connectivity index (χ1n) is 11.2. The number of aliphatic carboxylic acids is 1. The van der Waals surface area contributed by atoms with Crippen molar-refractivity contribution >= 4 is 29.5 Å². The molecule has 1 atom stereocenters. The summed E-state index contributed by atoms with van der Waals surface area (Å²) in [5, 5.41) is 11.5. The number of piperidine rings is 2. The average Bonchev–Trinajstić information content (AvgIpc) is 2.80. The van der Waals surface area contributed by atoms with E-state index < -0.39 is 5.97 Å². The Morgan fingerprint density at radius 2 is 1.75 bits per heavy atom. The number of likely N-dealkylation sites (tertiary alicyclic amines) is 1. The smallest absolute Gasteiger partial charge is 0.306 e. The zero-order valence-corrected chi connectivity index (χ0v) is 18.0. The van der Waals surface area contributed by atoms with Crippen LogP contribution in [0.5, 0.6) is 0 Å². The Morgan fingerprint density at radius 1 is 1.03 bits per heavy atom. The lowest BCUT2D eigenvalue weighted by Crippen LogP contribution is -2.51. The SMILES string of the molecule is O=C1CCC(c2ccc(N3CCN(CC(=O)N4CCC(C(=O)O)CC4)CC3)nc2)C(=O)N1. The number of carbonyl (C=O) groups excluding carboxylic acids is 3. The van der Waals surface area contributed by atoms with Crippen molar-refractivity contribution in [3.63, 3.8) is 0 Å². The number of aromatic nitrogens is 1. The van der Waals surface area contributed by atoms with Crippen LogP contribution < -0.4 is 10.2 Å². The van der Waals surface area contributed by atoms with E-state index in [-0.39, 0.29) is 29.6 Å². The van der Waals surface area contributed by atoms with Gasteiger partial charge in [0.1, 0.15) is 5.82 Å². The summed E-state index contributed by atoms with van der Waals surface area (Å²) in [4.78, 5) is 57.6. The number of pyridine rings is 1. The number of hydrogen-bond acceptors (Lipinski definition) is 7. The molecule has 4 heterocycles. The quantitative estimate of drug-likeness (QED) is 0.612. The number of carboxylic acid groups (broad SMARTS) is 1. The molecule has 1 unspecified atom stereocenters. The highest BCUT2D eigenvalue weighted by Gasteiger charge is 2.30. The molecule has 0 saturated carbocycles. The molecule has 0 bridgehead atoms. The van der Waals surface area contributed by atoms with Gasteiger partial charge in [-0.2, -0.15) is 0 Å². The minimum Gasteiger partial charge on any atom is -0.481 e. The van der Waals surface area contributed by atoms with E-state index in [9.17, 15) is 19.2 Å². The highest BCUT2D eigenvalue weighted by atomic mass is 16.4. The fourth-order valence-corrected chi connectivity index (χ4v) is 4.60. The summed E-state index contributed by atoms with van der Waals surface area (Å²) in [6.07, 6.45) is 3.61. The van der Waals surface area contributed by atoms with E-state index in [4.69, 9.17) is 5.11 Å². The molecule has 172 valence electrons. The summed E-state index contributed by atoms with van der Waals surface area (Å²) in [5.74, 6) is -1.03. The van der Waals surface area contributed by atoms with Crippen molar-refractivity contribution in [2.45, 2.75) is 31.6 Å². The molecule has 4 rings (SSSR count). The van der Waals surface area contributed by atoms with Crippen molar-refractivity contribution in [2.75, 3.05) is 50.7 Å². The van der Waals surface area contributed by atoms with Gasteiger partial charge < -0.3 is 14.9 Å². The minimum atomic E-state index is -0.771. The second-order valence-electron chi connectivity index (χ2n) is 8.71. The third-order valence-corrected chi connectivity index (χ3v) is 6.66. The number of nitrogens with zero attached hydrogens (tertiary/aromatic N) is 4. The fraction of sp³-hybridized carbons (Fsp3) is 0.591. The molecular formula is C22H29N5O5. The molecule has 0 radical (unpaired) electrons. The third kappa shape index (κ3) is 5.07. The summed E-state index contributed by atoms with van der Waals surface area (Å²) in [5.41, 5.74) is 0.814. The van der Waals surface area contributed by atoms with Crippen LogP contribution in [0.25, 0.3) is 0 Å². The summed E-state index contributed by atoms with van der Waals surface area (Å²) < 4.78 is 0. The number of anilines is 1. The number of carboxylic acids is 1. The Kier molecular flexibility index (Phi) is 6.69. The number of hydrogen-bond donors (Lipinski definition) is 2. The van der Waals surface area contributed by atoms with Crippen molar-refractivity contribution in [3.05, 3.63) is 23.9 Å². The molecule has 32 heavy (non-hydrogen) atoms. The molecule has 1 aromatic rings. The van der Waals surface area contributed by atoms with E-state index >= 15 is 0 Å². The summed E-state index contributed by atoms with van der Waals surface area (Å²) in [6, 6.07) is 3.81. The Balaban J connectivity index is 1.24. The minimum absolute atomic E-state index is 0.0639. The van der Waals surface area contributed by atoms with Crippen molar-refractivity contribution in [2.24, 2.45) is 5.92 Å². The third-order valence-electron chi connectivity index (χ3n) is 6.66. The molecule has 3 aliphatic rings. The molecule has 10 heteroatoms. The van der Waals surface area contributed by atoms with Crippen molar-refractivity contribution in [3.8, 4) is 0 Å². The van der Waals surface area contributed by atoms with E-state index in [0.29, 0.717) is 45.3 Å². The van der Waals surface area contributed by atoms with Gasteiger partial charge in [-0.15, -0.1) is 0 Å². The Labute approximate surface area is 186 Å². The normalized spacial score (nSPS) is 23.2. The predicted octanol–water partition coefficient (Wildman–Crippen LogP) is 0.0470. The zero-order valence-electron chi connectivity index (χ0n) is 18.0. The van der Waals surface area contributed by atoms with Gasteiger partial charge in [0.15, 0.2) is 0 Å². The van der Waals surface area contributed by atoms with Crippen LogP contribution >= 0.6 is 0 Å². The largest absolute Gasteiger partial charge is 0.481 e. The number of rotatable bonds is 5. The molecule has 0 aliphatic carbocycles. The first-order valence-corrected chi connectivity index (χ1v) is 11.2. The lowest BCUT2D eigenvalue weighted by atomic mass is 9.92. The van der Waals surface area contributed by atoms with Gasteiger partial charge in [0.2, 0.25) is 17.7 Å². The zero-order chi connectivity index (χ0) is 22.7. The fourth-order valence-electron chi connectivity index (χ4n) is 4.60. The maximum atomic E-state index is 12.6. The standard InChI is InChI=1S/C22H29N5O5/c28-19-4-2-17(21(30)24-19)16-1-3-18(23-13-16)26-11-9-25(10-12-26)14-20(29)27-7-5-15(6-8-27)22(31)32/h1,3,13,15,17H,2,4-12,14H2,(H,31,32)(H,24,28,30). The van der Waals surface area contributed by atoms with Gasteiger partial charge in [-0.05, 0) is 30.9 Å². The Bertz CT molecular complexity index is 873. The van der Waals surface area contributed by atoms with Crippen molar-refractivity contribution < 1.29 is 24.3 Å². The molecule has 0 spiro atoms. The molecule has 3 aliphatic heterocycles. The molecule has 0 aromatic carbocycles. The van der Waals surface area contributed by atoms with Crippen LogP contribution in [-0.4, -0.2) is 89.4 Å². The summed E-state index contributed by atoms with van der Waals surface area (Å²) >= 11 is 0. The molecule has 10 nitrogen and oxygen atoms in total. The molecule has 2 N–H and O–H groups in total. The molecule has 3 amide bonds. The number of imide groups is 1. The number of piperazine rings is 1. The number of nitrogens with one attached hydrogen (secondary N) is 1. The maximum absolute atomic E-state index is 12.6. The summed E-state index contributed by atoms with van der Waals surface area (Å²) in [6.45, 7) is 4.37. The van der Waals surface area contributed by atoms with Gasteiger partial charge in [-0.1, -0.05) is 6.07 Å². The van der Waals surface area contributed by atoms with Crippen molar-refractivity contribution in [1.82, 2.24) is 20.1 Å². The van der Waals surface area contributed by atoms with Crippen LogP contribution in [-0.2, 0) is 19.2 Å². The van der Waals surface area contributed by atoms with E-state index in [2.05, 4.69) is 20.1 Å². The Hall–Kier alpha value is -3.01. The van der Waals surface area contributed by atoms with Gasteiger partial charge in [-0.3, -0.25) is 29.4 Å². The van der Waals surface area contributed by atoms with Gasteiger partial charge >= 0.3 is 5.97 Å². The van der Waals surface area contributed by atoms with Crippen LogP contribution in [0.4, 0.5) is 5.82 Å². The Morgan fingerprint density at radius 3 is 2.34 bits per heavy atom. The van der Waals surface area contributed by atoms with Crippen LogP contribution in [0.1, 0.15) is 37.2 Å². The second-order valence-corrected chi connectivity index (χ2v) is 8.71. The maximum Gasteiger partial charge on any atom is 0.306 e. The van der Waals surface area contributed by atoms with Gasteiger partial charge in [0, 0.05) is 51.9 Å². The van der Waals surface area contributed by atoms with E-state index in [1.165, 1.54) is 0 Å². The van der Waals surface area contributed by atoms with Gasteiger partial charge in [-0.25, -0.2) is 4.98 Å². The lowest BCUT2D eigenvalue weighted by Gasteiger charge is -2.37. The predicted molar refractivity (Wildman–Crippen MR) is 115 cm³/mol. The molecule has 3 saturated heterocycles. The lowest BCUT2D eigenvalue weighted by molar-refractivity contribution is -0.146. The first kappa shape index (κ1) is 22.2. The van der Waals surface area contributed by atoms with Crippen LogP contribution in [0.3, 0.4) is 0 Å². The van der Waals surface area contributed by atoms with E-state index in [1.54, 1.807) is 11.1 Å². The second kappa shape index (κ2) is 9.64. The van der Waals surface area contributed by atoms with Crippen molar-refractivity contribution in [1.29, 1.82) is 0 Å². The monoisotopic (exact) mass is 443 g/mol. The summed E-state index contributed by atoms with van der Waals surface area (Å²) in [7, 11) is 0. The highest BCUT2D eigenvalue weighted by Crippen LogP contribution is 2.26. The molecule has 3 fully saturated rings. The molecular weight excluding hydrogens is 414 g/mol. The van der Waals surface area contributed by atoms with E-state index in [0.717, 1.165) is 37.6 Å². The topological polar surface area (TPSA) is 123 Å². The highest BCUT2D eigenvalue weighted by molar-refractivity contribution is 6.00.